The molecule has 7 heteroatoms. The molecule has 3 aliphatic rings. The lowest BCUT2D eigenvalue weighted by molar-refractivity contribution is -0.137. The van der Waals surface area contributed by atoms with Crippen molar-refractivity contribution in [1.29, 1.82) is 5.26 Å². The van der Waals surface area contributed by atoms with E-state index in [9.17, 15) is 14.9 Å². The number of fused-ring (bicyclic) bond motifs is 2. The Morgan fingerprint density at radius 2 is 1.95 bits per heavy atom. The number of aromatic nitrogens is 1. The first-order valence-electron chi connectivity index (χ1n) is 13.4. The number of allylic oxidation sites excluding steroid dienone is 3. The quantitative estimate of drug-likeness (QED) is 0.461. The molecule has 2 aliphatic heterocycles. The second-order valence-corrected chi connectivity index (χ2v) is 11.6. The van der Waals surface area contributed by atoms with Crippen LogP contribution in [0.1, 0.15) is 46.1 Å². The molecule has 7 nitrogen and oxygen atoms in total. The number of nitrogens with zero attached hydrogens (tertiary/aromatic N) is 4. The first-order valence-corrected chi connectivity index (χ1v) is 13.4. The molecule has 39 heavy (non-hydrogen) atoms. The standard InChI is InChI=1S/C32H34N4O3/c1-31(2,3)39-30(38)35-16-12-22(13-17-35)29(37)36-21-27(28-10-5-6-14-32(28,36)4)25(19-33)18-23-8-7-9-24-20-34-15-11-26(23)24/h5-11,14-15,18,20-22,28H,12-13,16-17H2,1-4H3/b25-18+. The van der Waals surface area contributed by atoms with Gasteiger partial charge < -0.3 is 14.5 Å². The number of piperidine rings is 1. The predicted octanol–water partition coefficient (Wildman–Crippen LogP) is 6.02. The van der Waals surface area contributed by atoms with Gasteiger partial charge in [-0.2, -0.15) is 5.26 Å². The Morgan fingerprint density at radius 3 is 2.67 bits per heavy atom. The lowest BCUT2D eigenvalue weighted by Gasteiger charge is -2.41. The zero-order valence-corrected chi connectivity index (χ0v) is 22.9. The Bertz CT molecular complexity index is 1460. The summed E-state index contributed by atoms with van der Waals surface area (Å²) in [4.78, 5) is 34.2. The zero-order chi connectivity index (χ0) is 27.8. The van der Waals surface area contributed by atoms with Crippen LogP contribution in [0.15, 0.2) is 78.3 Å². The molecule has 1 aromatic carbocycles. The Labute approximate surface area is 229 Å². The minimum Gasteiger partial charge on any atom is -0.444 e. The molecule has 2 amide bonds. The van der Waals surface area contributed by atoms with Gasteiger partial charge in [0.05, 0.1) is 17.2 Å². The summed E-state index contributed by atoms with van der Waals surface area (Å²) >= 11 is 0. The minimum atomic E-state index is -0.609. The summed E-state index contributed by atoms with van der Waals surface area (Å²) in [5.41, 5.74) is 1.13. The highest BCUT2D eigenvalue weighted by molar-refractivity contribution is 5.91. The summed E-state index contributed by atoms with van der Waals surface area (Å²) in [6.07, 6.45) is 16.2. The number of ether oxygens (including phenoxy) is 1. The predicted molar refractivity (Wildman–Crippen MR) is 151 cm³/mol. The molecule has 1 saturated heterocycles. The number of hydrogen-bond donors (Lipinski definition) is 0. The highest BCUT2D eigenvalue weighted by Gasteiger charge is 2.48. The van der Waals surface area contributed by atoms with E-state index in [0.29, 0.717) is 31.5 Å². The molecule has 200 valence electrons. The fraction of sp³-hybridized carbons (Fsp3) is 0.375. The molecule has 2 atom stereocenters. The summed E-state index contributed by atoms with van der Waals surface area (Å²) in [5.74, 6) is -0.332. The average Bonchev–Trinajstić information content (AvgIpc) is 3.23. The van der Waals surface area contributed by atoms with Gasteiger partial charge in [0.1, 0.15) is 5.60 Å². The van der Waals surface area contributed by atoms with Gasteiger partial charge in [-0.05, 0) is 69.2 Å². The second-order valence-electron chi connectivity index (χ2n) is 11.6. The SMILES string of the molecule is CC(C)(C)OC(=O)N1CCC(C(=O)N2C=C(/C(C#N)=C/c3cccc4cnccc34)C3C=CC=CC32C)CC1. The van der Waals surface area contributed by atoms with Crippen LogP contribution >= 0.6 is 0 Å². The van der Waals surface area contributed by atoms with Gasteiger partial charge in [-0.25, -0.2) is 4.79 Å². The molecule has 1 aromatic heterocycles. The third kappa shape index (κ3) is 5.12. The zero-order valence-electron chi connectivity index (χ0n) is 22.9. The van der Waals surface area contributed by atoms with Crippen molar-refractivity contribution in [2.75, 3.05) is 13.1 Å². The molecule has 5 rings (SSSR count). The smallest absolute Gasteiger partial charge is 0.410 e. The van der Waals surface area contributed by atoms with Crippen LogP contribution in [-0.2, 0) is 9.53 Å². The largest absolute Gasteiger partial charge is 0.444 e. The summed E-state index contributed by atoms with van der Waals surface area (Å²) in [7, 11) is 0. The molecule has 1 fully saturated rings. The van der Waals surface area contributed by atoms with Gasteiger partial charge in [-0.1, -0.05) is 42.5 Å². The van der Waals surface area contributed by atoms with Crippen molar-refractivity contribution in [3.63, 3.8) is 0 Å². The molecular weight excluding hydrogens is 488 g/mol. The highest BCUT2D eigenvalue weighted by Crippen LogP contribution is 2.46. The van der Waals surface area contributed by atoms with Crippen LogP contribution in [-0.4, -0.2) is 51.0 Å². The molecule has 2 aromatic rings. The van der Waals surface area contributed by atoms with Crippen LogP contribution in [0.25, 0.3) is 16.8 Å². The number of hydrogen-bond acceptors (Lipinski definition) is 5. The van der Waals surface area contributed by atoms with E-state index in [1.54, 1.807) is 11.1 Å². The monoisotopic (exact) mass is 522 g/mol. The fourth-order valence-corrected chi connectivity index (χ4v) is 5.71. The number of amides is 2. The molecule has 3 heterocycles. The van der Waals surface area contributed by atoms with Gasteiger partial charge in [0.15, 0.2) is 0 Å². The van der Waals surface area contributed by atoms with Gasteiger partial charge in [-0.3, -0.25) is 9.78 Å². The van der Waals surface area contributed by atoms with Crippen molar-refractivity contribution in [2.24, 2.45) is 11.8 Å². The minimum absolute atomic E-state index is 0.0230. The molecule has 0 saturated carbocycles. The number of benzene rings is 1. The average molecular weight is 523 g/mol. The molecule has 0 radical (unpaired) electrons. The number of rotatable bonds is 3. The third-order valence-electron chi connectivity index (χ3n) is 7.78. The van der Waals surface area contributed by atoms with Crippen molar-refractivity contribution in [3.8, 4) is 6.07 Å². The number of pyridine rings is 1. The number of nitriles is 1. The molecule has 1 aliphatic carbocycles. The Kier molecular flexibility index (Phi) is 6.90. The summed E-state index contributed by atoms with van der Waals surface area (Å²) < 4.78 is 5.51. The second kappa shape index (κ2) is 10.2. The van der Waals surface area contributed by atoms with Crippen molar-refractivity contribution in [2.45, 2.75) is 51.7 Å². The van der Waals surface area contributed by atoms with E-state index < -0.39 is 11.1 Å². The number of carbonyl (C=O) groups is 2. The highest BCUT2D eigenvalue weighted by atomic mass is 16.6. The normalized spacial score (nSPS) is 23.4. The van der Waals surface area contributed by atoms with Crippen molar-refractivity contribution < 1.29 is 14.3 Å². The summed E-state index contributed by atoms with van der Waals surface area (Å²) in [6, 6.07) is 10.3. The maximum atomic E-state index is 13.9. The van der Waals surface area contributed by atoms with Crippen molar-refractivity contribution in [3.05, 3.63) is 83.9 Å². The first kappa shape index (κ1) is 26.4. The van der Waals surface area contributed by atoms with Crippen LogP contribution in [0, 0.1) is 23.2 Å². The summed E-state index contributed by atoms with van der Waals surface area (Å²) in [5, 5.41) is 12.3. The van der Waals surface area contributed by atoms with Gasteiger partial charge >= 0.3 is 6.09 Å². The van der Waals surface area contributed by atoms with Crippen molar-refractivity contribution in [1.82, 2.24) is 14.8 Å². The lowest BCUT2D eigenvalue weighted by atomic mass is 9.77. The van der Waals surface area contributed by atoms with E-state index in [4.69, 9.17) is 4.74 Å². The number of carbonyl (C=O) groups excluding carboxylic acids is 2. The van der Waals surface area contributed by atoms with Gasteiger partial charge in [0.25, 0.3) is 0 Å². The summed E-state index contributed by atoms with van der Waals surface area (Å²) in [6.45, 7) is 8.55. The lowest BCUT2D eigenvalue weighted by Crippen LogP contribution is -2.51. The van der Waals surface area contributed by atoms with E-state index in [1.165, 1.54) is 0 Å². The van der Waals surface area contributed by atoms with E-state index in [1.807, 2.05) is 93.6 Å². The molecule has 2 unspecified atom stereocenters. The molecule has 0 N–H and O–H groups in total. The van der Waals surface area contributed by atoms with E-state index >= 15 is 0 Å². The maximum absolute atomic E-state index is 13.9. The fourth-order valence-electron chi connectivity index (χ4n) is 5.71. The Balaban J connectivity index is 1.42. The molecule has 0 spiro atoms. The molecular formula is C32H34N4O3. The van der Waals surface area contributed by atoms with E-state index in [-0.39, 0.29) is 23.8 Å². The topological polar surface area (TPSA) is 86.5 Å². The van der Waals surface area contributed by atoms with Gasteiger partial charge in [0, 0.05) is 48.9 Å². The van der Waals surface area contributed by atoms with Crippen LogP contribution in [0.2, 0.25) is 0 Å². The Morgan fingerprint density at radius 1 is 1.18 bits per heavy atom. The van der Waals surface area contributed by atoms with E-state index in [2.05, 4.69) is 17.1 Å². The third-order valence-corrected chi connectivity index (χ3v) is 7.78. The van der Waals surface area contributed by atoms with Crippen molar-refractivity contribution >= 4 is 28.8 Å². The van der Waals surface area contributed by atoms with Crippen LogP contribution in [0.4, 0.5) is 4.79 Å². The first-order chi connectivity index (χ1) is 18.6. The Hall–Kier alpha value is -4.18. The number of likely N-dealkylation sites (tertiary alicyclic amines) is 1. The molecule has 0 bridgehead atoms. The maximum Gasteiger partial charge on any atom is 0.410 e. The van der Waals surface area contributed by atoms with Gasteiger partial charge in [0.2, 0.25) is 5.91 Å². The van der Waals surface area contributed by atoms with Crippen LogP contribution < -0.4 is 0 Å². The van der Waals surface area contributed by atoms with E-state index in [0.717, 1.165) is 21.9 Å². The van der Waals surface area contributed by atoms with Gasteiger partial charge in [-0.15, -0.1) is 0 Å². The van der Waals surface area contributed by atoms with Crippen LogP contribution in [0.3, 0.4) is 0 Å². The van der Waals surface area contributed by atoms with Crippen LogP contribution in [0.5, 0.6) is 0 Å².